The van der Waals surface area contributed by atoms with E-state index in [1.54, 1.807) is 11.8 Å². The summed E-state index contributed by atoms with van der Waals surface area (Å²) in [4.78, 5) is 2.28. The zero-order valence-corrected chi connectivity index (χ0v) is 9.20. The molecule has 15 heavy (non-hydrogen) atoms. The first-order chi connectivity index (χ1) is 7.40. The van der Waals surface area contributed by atoms with E-state index in [1.807, 2.05) is 18.2 Å². The summed E-state index contributed by atoms with van der Waals surface area (Å²) in [6.07, 6.45) is 5.19. The molecule has 0 aromatic heterocycles. The minimum Gasteiger partial charge on any atom is -0.411 e. The molecule has 1 aromatic carbocycles. The summed E-state index contributed by atoms with van der Waals surface area (Å²) in [5.41, 5.74) is 0.815. The van der Waals surface area contributed by atoms with Crippen LogP contribution in [0.4, 0.5) is 0 Å². The van der Waals surface area contributed by atoms with Crippen LogP contribution in [0.25, 0.3) is 0 Å². The van der Waals surface area contributed by atoms with Crippen LogP contribution < -0.4 is 0 Å². The van der Waals surface area contributed by atoms with Crippen LogP contribution >= 0.6 is 11.8 Å². The van der Waals surface area contributed by atoms with Gasteiger partial charge >= 0.3 is 0 Å². The van der Waals surface area contributed by atoms with Gasteiger partial charge in [0.05, 0.1) is 5.71 Å². The molecule has 0 fully saturated rings. The lowest BCUT2D eigenvalue weighted by atomic mass is 10.1. The SMILES string of the molecule is ON=C1CCCC=C1Sc1ccccc1. The largest absolute Gasteiger partial charge is 0.411 e. The molecule has 0 bridgehead atoms. The molecule has 78 valence electrons. The predicted molar refractivity (Wildman–Crippen MR) is 63.5 cm³/mol. The van der Waals surface area contributed by atoms with E-state index in [9.17, 15) is 0 Å². The third kappa shape index (κ3) is 2.63. The minimum absolute atomic E-state index is 0.815. The average Bonchev–Trinajstić information content (AvgIpc) is 2.31. The molecule has 1 aromatic rings. The molecule has 0 radical (unpaired) electrons. The number of nitrogens with zero attached hydrogens (tertiary/aromatic N) is 1. The van der Waals surface area contributed by atoms with Crippen molar-refractivity contribution in [3.63, 3.8) is 0 Å². The van der Waals surface area contributed by atoms with Gasteiger partial charge in [0.25, 0.3) is 0 Å². The van der Waals surface area contributed by atoms with Gasteiger partial charge in [0.2, 0.25) is 0 Å². The van der Waals surface area contributed by atoms with Crippen molar-refractivity contribution >= 4 is 17.5 Å². The average molecular weight is 219 g/mol. The minimum atomic E-state index is 0.815. The topological polar surface area (TPSA) is 32.6 Å². The maximum atomic E-state index is 8.87. The van der Waals surface area contributed by atoms with E-state index >= 15 is 0 Å². The van der Waals surface area contributed by atoms with Crippen LogP contribution in [-0.4, -0.2) is 10.9 Å². The number of rotatable bonds is 2. The maximum Gasteiger partial charge on any atom is 0.0931 e. The van der Waals surface area contributed by atoms with E-state index < -0.39 is 0 Å². The fourth-order valence-corrected chi connectivity index (χ4v) is 2.57. The predicted octanol–water partition coefficient (Wildman–Crippen LogP) is 3.68. The highest BCUT2D eigenvalue weighted by atomic mass is 32.2. The number of allylic oxidation sites excluding steroid dienone is 2. The summed E-state index contributed by atoms with van der Waals surface area (Å²) >= 11 is 1.67. The molecular weight excluding hydrogens is 206 g/mol. The third-order valence-electron chi connectivity index (χ3n) is 2.32. The van der Waals surface area contributed by atoms with Gasteiger partial charge in [-0.15, -0.1) is 0 Å². The van der Waals surface area contributed by atoms with Crippen molar-refractivity contribution < 1.29 is 5.21 Å². The molecule has 1 aliphatic rings. The molecule has 0 amide bonds. The lowest BCUT2D eigenvalue weighted by molar-refractivity contribution is 0.317. The van der Waals surface area contributed by atoms with Gasteiger partial charge in [-0.3, -0.25) is 0 Å². The summed E-state index contributed by atoms with van der Waals surface area (Å²) in [5, 5.41) is 12.2. The normalized spacial score (nSPS) is 18.9. The molecule has 1 aliphatic carbocycles. The number of benzene rings is 1. The van der Waals surface area contributed by atoms with Crippen LogP contribution in [0.3, 0.4) is 0 Å². The van der Waals surface area contributed by atoms with E-state index in [-0.39, 0.29) is 0 Å². The number of oxime groups is 1. The Balaban J connectivity index is 2.14. The molecule has 0 heterocycles. The second-order valence-electron chi connectivity index (χ2n) is 3.42. The van der Waals surface area contributed by atoms with Crippen LogP contribution in [0.15, 0.2) is 51.4 Å². The molecule has 0 saturated carbocycles. The molecular formula is C12H13NOS. The fourth-order valence-electron chi connectivity index (χ4n) is 1.56. The Hall–Kier alpha value is -1.22. The molecule has 0 atom stereocenters. The zero-order valence-electron chi connectivity index (χ0n) is 8.39. The molecule has 2 rings (SSSR count). The van der Waals surface area contributed by atoms with E-state index in [4.69, 9.17) is 5.21 Å². The fraction of sp³-hybridized carbons (Fsp3) is 0.250. The highest BCUT2D eigenvalue weighted by Gasteiger charge is 2.13. The van der Waals surface area contributed by atoms with E-state index in [1.165, 1.54) is 4.90 Å². The lowest BCUT2D eigenvalue weighted by Gasteiger charge is -2.13. The highest BCUT2D eigenvalue weighted by molar-refractivity contribution is 8.04. The summed E-state index contributed by atoms with van der Waals surface area (Å²) in [5.74, 6) is 0. The Morgan fingerprint density at radius 3 is 2.73 bits per heavy atom. The van der Waals surface area contributed by atoms with Crippen molar-refractivity contribution in [2.75, 3.05) is 0 Å². The van der Waals surface area contributed by atoms with Gasteiger partial charge in [-0.2, -0.15) is 0 Å². The van der Waals surface area contributed by atoms with Crippen molar-refractivity contribution in [2.24, 2.45) is 5.16 Å². The third-order valence-corrected chi connectivity index (χ3v) is 3.45. The van der Waals surface area contributed by atoms with Crippen LogP contribution in [0.1, 0.15) is 19.3 Å². The van der Waals surface area contributed by atoms with Gasteiger partial charge in [0.15, 0.2) is 0 Å². The standard InChI is InChI=1S/C12H13NOS/c14-13-11-8-4-5-9-12(11)15-10-6-2-1-3-7-10/h1-3,6-7,9,14H,4-5,8H2. The Kier molecular flexibility index (Phi) is 3.45. The summed E-state index contributed by atoms with van der Waals surface area (Å²) in [6, 6.07) is 10.2. The number of hydrogen-bond acceptors (Lipinski definition) is 3. The Morgan fingerprint density at radius 2 is 2.00 bits per heavy atom. The van der Waals surface area contributed by atoms with Crippen LogP contribution in [0.2, 0.25) is 0 Å². The number of hydrogen-bond donors (Lipinski definition) is 1. The van der Waals surface area contributed by atoms with Crippen LogP contribution in [-0.2, 0) is 0 Å². The molecule has 2 nitrogen and oxygen atoms in total. The first kappa shape index (κ1) is 10.3. The molecule has 1 N–H and O–H groups in total. The smallest absolute Gasteiger partial charge is 0.0931 e. The first-order valence-electron chi connectivity index (χ1n) is 5.04. The van der Waals surface area contributed by atoms with Crippen LogP contribution in [0.5, 0.6) is 0 Å². The van der Waals surface area contributed by atoms with Crippen molar-refractivity contribution in [3.05, 3.63) is 41.3 Å². The monoisotopic (exact) mass is 219 g/mol. The maximum absolute atomic E-state index is 8.87. The van der Waals surface area contributed by atoms with Gasteiger partial charge in [-0.25, -0.2) is 0 Å². The molecule has 0 saturated heterocycles. The first-order valence-corrected chi connectivity index (χ1v) is 5.86. The highest BCUT2D eigenvalue weighted by Crippen LogP contribution is 2.31. The van der Waals surface area contributed by atoms with Gasteiger partial charge in [0.1, 0.15) is 0 Å². The van der Waals surface area contributed by atoms with Crippen LogP contribution in [0, 0.1) is 0 Å². The van der Waals surface area contributed by atoms with Gasteiger partial charge in [0, 0.05) is 9.80 Å². The Morgan fingerprint density at radius 1 is 1.20 bits per heavy atom. The lowest BCUT2D eigenvalue weighted by Crippen LogP contribution is -2.04. The van der Waals surface area contributed by atoms with E-state index in [0.717, 1.165) is 29.9 Å². The van der Waals surface area contributed by atoms with E-state index in [2.05, 4.69) is 23.4 Å². The quantitative estimate of drug-likeness (QED) is 0.608. The second kappa shape index (κ2) is 5.03. The zero-order chi connectivity index (χ0) is 10.5. The van der Waals surface area contributed by atoms with Crippen molar-refractivity contribution in [3.8, 4) is 0 Å². The summed E-state index contributed by atoms with van der Waals surface area (Å²) in [6.45, 7) is 0. The molecule has 0 unspecified atom stereocenters. The number of thioether (sulfide) groups is 1. The Bertz CT molecular complexity index is 384. The second-order valence-corrected chi connectivity index (χ2v) is 4.54. The van der Waals surface area contributed by atoms with Crippen molar-refractivity contribution in [1.82, 2.24) is 0 Å². The molecule has 0 spiro atoms. The summed E-state index contributed by atoms with van der Waals surface area (Å²) in [7, 11) is 0. The van der Waals surface area contributed by atoms with Gasteiger partial charge in [-0.1, -0.05) is 41.2 Å². The van der Waals surface area contributed by atoms with Crippen molar-refractivity contribution in [2.45, 2.75) is 24.2 Å². The Labute approximate surface area is 93.7 Å². The van der Waals surface area contributed by atoms with Crippen molar-refractivity contribution in [1.29, 1.82) is 0 Å². The van der Waals surface area contributed by atoms with Gasteiger partial charge < -0.3 is 5.21 Å². The van der Waals surface area contributed by atoms with Gasteiger partial charge in [-0.05, 0) is 31.4 Å². The molecule has 0 aliphatic heterocycles. The summed E-state index contributed by atoms with van der Waals surface area (Å²) < 4.78 is 0. The molecule has 3 heteroatoms. The van der Waals surface area contributed by atoms with E-state index in [0.29, 0.717) is 0 Å².